The topological polar surface area (TPSA) is 74.5 Å². The molecule has 0 aliphatic carbocycles. The molecule has 6 heteroatoms. The smallest absolute Gasteiger partial charge is 0.287 e. The van der Waals surface area contributed by atoms with E-state index in [9.17, 15) is 9.90 Å². The summed E-state index contributed by atoms with van der Waals surface area (Å²) < 4.78 is 5.71. The van der Waals surface area contributed by atoms with Crippen molar-refractivity contribution in [2.45, 2.75) is 32.3 Å². The van der Waals surface area contributed by atoms with Gasteiger partial charge in [0, 0.05) is 31.1 Å². The summed E-state index contributed by atoms with van der Waals surface area (Å²) in [6.45, 7) is 8.25. The van der Waals surface area contributed by atoms with Crippen molar-refractivity contribution in [3.05, 3.63) is 47.7 Å². The van der Waals surface area contributed by atoms with Crippen molar-refractivity contribution in [3.8, 4) is 11.3 Å². The first-order valence-corrected chi connectivity index (χ1v) is 8.72. The Hall–Kier alpha value is -1.82. The van der Waals surface area contributed by atoms with E-state index >= 15 is 0 Å². The minimum absolute atomic E-state index is 0. The van der Waals surface area contributed by atoms with E-state index in [1.807, 2.05) is 18.2 Å². The Balaban J connectivity index is 0.00000243. The largest absolute Gasteiger partial charge is 0.451 e. The minimum Gasteiger partial charge on any atom is -0.451 e. The number of carbonyl (C=O) groups is 1. The predicted octanol–water partition coefficient (Wildman–Crippen LogP) is 2.98. The van der Waals surface area contributed by atoms with Gasteiger partial charge in [0.05, 0.1) is 6.10 Å². The van der Waals surface area contributed by atoms with Crippen molar-refractivity contribution in [2.24, 2.45) is 5.92 Å². The van der Waals surface area contributed by atoms with E-state index < -0.39 is 6.10 Å². The second-order valence-electron chi connectivity index (χ2n) is 7.69. The summed E-state index contributed by atoms with van der Waals surface area (Å²) in [5.41, 5.74) is 2.30. The highest BCUT2D eigenvalue weighted by molar-refractivity contribution is 5.92. The summed E-state index contributed by atoms with van der Waals surface area (Å²) in [5, 5.41) is 15.7. The molecule has 3 N–H and O–H groups in total. The summed E-state index contributed by atoms with van der Waals surface area (Å²) in [7, 11) is 0. The Morgan fingerprint density at radius 1 is 1.19 bits per heavy atom. The van der Waals surface area contributed by atoms with Gasteiger partial charge in [-0.05, 0) is 23.1 Å². The third-order valence-corrected chi connectivity index (χ3v) is 4.69. The SMILES string of the molecule is CC(C)(C)c1ccc(-c2ccc(C(=O)NCC3CNCC3O)o2)cc1.Cl. The lowest BCUT2D eigenvalue weighted by atomic mass is 9.86. The van der Waals surface area contributed by atoms with Crippen LogP contribution in [0.25, 0.3) is 11.3 Å². The fraction of sp³-hybridized carbons (Fsp3) is 0.450. The normalized spacial score (nSPS) is 19.8. The molecule has 5 nitrogen and oxygen atoms in total. The lowest BCUT2D eigenvalue weighted by molar-refractivity contribution is 0.0900. The maximum Gasteiger partial charge on any atom is 0.287 e. The Kier molecular flexibility index (Phi) is 6.50. The molecule has 0 bridgehead atoms. The molecule has 1 aromatic carbocycles. The number of halogens is 1. The first kappa shape index (κ1) is 20.5. The van der Waals surface area contributed by atoms with Gasteiger partial charge in [0.25, 0.3) is 5.91 Å². The summed E-state index contributed by atoms with van der Waals surface area (Å²) >= 11 is 0. The number of hydrogen-bond donors (Lipinski definition) is 3. The summed E-state index contributed by atoms with van der Waals surface area (Å²) in [4.78, 5) is 12.2. The Bertz CT molecular complexity index is 734. The third-order valence-electron chi connectivity index (χ3n) is 4.69. The van der Waals surface area contributed by atoms with E-state index in [1.165, 1.54) is 5.56 Å². The molecule has 1 amide bonds. The van der Waals surface area contributed by atoms with Crippen LogP contribution >= 0.6 is 12.4 Å². The number of aliphatic hydroxyl groups excluding tert-OH is 1. The average Bonchev–Trinajstić information content (AvgIpc) is 3.21. The Morgan fingerprint density at radius 3 is 2.46 bits per heavy atom. The molecule has 3 rings (SSSR count). The fourth-order valence-electron chi connectivity index (χ4n) is 2.99. The molecule has 0 saturated carbocycles. The summed E-state index contributed by atoms with van der Waals surface area (Å²) in [6.07, 6.45) is -0.409. The van der Waals surface area contributed by atoms with Crippen molar-refractivity contribution in [2.75, 3.05) is 19.6 Å². The van der Waals surface area contributed by atoms with Gasteiger partial charge in [-0.2, -0.15) is 0 Å². The van der Waals surface area contributed by atoms with E-state index in [2.05, 4.69) is 43.5 Å². The van der Waals surface area contributed by atoms with Crippen molar-refractivity contribution >= 4 is 18.3 Å². The zero-order valence-electron chi connectivity index (χ0n) is 15.4. The van der Waals surface area contributed by atoms with E-state index in [0.717, 1.165) is 5.56 Å². The van der Waals surface area contributed by atoms with Crippen LogP contribution in [0.3, 0.4) is 0 Å². The number of aliphatic hydroxyl groups is 1. The molecule has 0 radical (unpaired) electrons. The van der Waals surface area contributed by atoms with Gasteiger partial charge < -0.3 is 20.2 Å². The molecule has 1 saturated heterocycles. The number of rotatable bonds is 4. The highest BCUT2D eigenvalue weighted by Crippen LogP contribution is 2.27. The molecule has 0 spiro atoms. The third kappa shape index (κ3) is 4.67. The van der Waals surface area contributed by atoms with E-state index in [1.54, 1.807) is 6.07 Å². The van der Waals surface area contributed by atoms with E-state index in [0.29, 0.717) is 25.4 Å². The number of hydrogen-bond acceptors (Lipinski definition) is 4. The molecule has 2 heterocycles. The van der Waals surface area contributed by atoms with Gasteiger partial charge in [0.15, 0.2) is 5.76 Å². The zero-order chi connectivity index (χ0) is 18.0. The number of amides is 1. The van der Waals surface area contributed by atoms with Crippen LogP contribution < -0.4 is 10.6 Å². The van der Waals surface area contributed by atoms with E-state index in [4.69, 9.17) is 4.42 Å². The molecular formula is C20H27ClN2O3. The van der Waals surface area contributed by atoms with Crippen LogP contribution in [0.4, 0.5) is 0 Å². The van der Waals surface area contributed by atoms with Gasteiger partial charge in [0.1, 0.15) is 5.76 Å². The number of nitrogens with one attached hydrogen (secondary N) is 2. The van der Waals surface area contributed by atoms with Crippen LogP contribution in [-0.4, -0.2) is 36.8 Å². The number of carbonyl (C=O) groups excluding carboxylic acids is 1. The first-order chi connectivity index (χ1) is 11.8. The highest BCUT2D eigenvalue weighted by Gasteiger charge is 2.25. The zero-order valence-corrected chi connectivity index (χ0v) is 16.2. The molecule has 1 fully saturated rings. The number of benzene rings is 1. The Morgan fingerprint density at radius 2 is 1.88 bits per heavy atom. The van der Waals surface area contributed by atoms with Crippen LogP contribution in [0, 0.1) is 5.92 Å². The molecule has 1 aliphatic rings. The molecule has 2 aromatic rings. The molecule has 2 unspecified atom stereocenters. The molecule has 1 aromatic heterocycles. The van der Waals surface area contributed by atoms with Crippen molar-refractivity contribution in [1.29, 1.82) is 0 Å². The van der Waals surface area contributed by atoms with Gasteiger partial charge >= 0.3 is 0 Å². The van der Waals surface area contributed by atoms with Crippen LogP contribution in [0.1, 0.15) is 36.9 Å². The maximum absolute atomic E-state index is 12.2. The lowest BCUT2D eigenvalue weighted by Crippen LogP contribution is -2.34. The number of β-amino-alcohol motifs (C(OH)–C–C–N with tert-alkyl or cyclic N) is 1. The lowest BCUT2D eigenvalue weighted by Gasteiger charge is -2.18. The maximum atomic E-state index is 12.2. The van der Waals surface area contributed by atoms with Gasteiger partial charge in [-0.15, -0.1) is 12.4 Å². The second-order valence-corrected chi connectivity index (χ2v) is 7.69. The molecule has 142 valence electrons. The Labute approximate surface area is 160 Å². The van der Waals surface area contributed by atoms with Gasteiger partial charge in [-0.25, -0.2) is 0 Å². The summed E-state index contributed by atoms with van der Waals surface area (Å²) in [6, 6.07) is 11.7. The molecule has 1 aliphatic heterocycles. The highest BCUT2D eigenvalue weighted by atomic mass is 35.5. The monoisotopic (exact) mass is 378 g/mol. The second kappa shape index (κ2) is 8.25. The minimum atomic E-state index is -0.409. The van der Waals surface area contributed by atoms with Crippen molar-refractivity contribution in [1.82, 2.24) is 10.6 Å². The standard InChI is InChI=1S/C20H26N2O3.ClH/c1-20(2,3)15-6-4-13(5-7-15)17-8-9-18(25-17)19(24)22-11-14-10-21-12-16(14)23;/h4-9,14,16,21,23H,10-12H2,1-3H3,(H,22,24);1H. The molecule has 2 atom stereocenters. The molecular weight excluding hydrogens is 352 g/mol. The van der Waals surface area contributed by atoms with Gasteiger partial charge in [-0.1, -0.05) is 45.0 Å². The first-order valence-electron chi connectivity index (χ1n) is 8.72. The van der Waals surface area contributed by atoms with E-state index in [-0.39, 0.29) is 35.4 Å². The van der Waals surface area contributed by atoms with Gasteiger partial charge in [0.2, 0.25) is 0 Å². The van der Waals surface area contributed by atoms with Crippen LogP contribution in [0.5, 0.6) is 0 Å². The van der Waals surface area contributed by atoms with Crippen molar-refractivity contribution < 1.29 is 14.3 Å². The van der Waals surface area contributed by atoms with Crippen molar-refractivity contribution in [3.63, 3.8) is 0 Å². The van der Waals surface area contributed by atoms with Gasteiger partial charge in [-0.3, -0.25) is 4.79 Å². The average molecular weight is 379 g/mol. The van der Waals surface area contributed by atoms with Crippen LogP contribution in [0.15, 0.2) is 40.8 Å². The van der Waals surface area contributed by atoms with Crippen LogP contribution in [0.2, 0.25) is 0 Å². The van der Waals surface area contributed by atoms with Crippen LogP contribution in [-0.2, 0) is 5.41 Å². The predicted molar refractivity (Wildman–Crippen MR) is 105 cm³/mol. The summed E-state index contributed by atoms with van der Waals surface area (Å²) in [5.74, 6) is 0.753. The quantitative estimate of drug-likeness (QED) is 0.764. The fourth-order valence-corrected chi connectivity index (χ4v) is 2.99. The number of furan rings is 1. The molecule has 26 heavy (non-hydrogen) atoms.